The van der Waals surface area contributed by atoms with Gasteiger partial charge in [-0.2, -0.15) is 10.1 Å². The van der Waals surface area contributed by atoms with Gasteiger partial charge in [-0.15, -0.1) is 0 Å². The molecule has 0 amide bonds. The fourth-order valence-electron chi connectivity index (χ4n) is 2.75. The quantitative estimate of drug-likeness (QED) is 0.753. The van der Waals surface area contributed by atoms with Crippen LogP contribution in [0.1, 0.15) is 18.0 Å². The highest BCUT2D eigenvalue weighted by molar-refractivity contribution is 5.70. The van der Waals surface area contributed by atoms with Crippen LogP contribution < -0.4 is 4.90 Å². The van der Waals surface area contributed by atoms with Gasteiger partial charge in [0.1, 0.15) is 5.52 Å². The molecule has 1 N–H and O–H groups in total. The topological polar surface area (TPSA) is 75.5 Å². The first-order valence-corrected chi connectivity index (χ1v) is 6.69. The standard InChI is InChI=1S/C13H15N7/c1-19-8-15-11-6-14-13(17-12(11)19)20-5-3-9(7-20)10-2-4-16-18-10/h2,4,6,8-9H,3,5,7H2,1H3,(H,16,18). The molecule has 20 heavy (non-hydrogen) atoms. The molecule has 0 spiro atoms. The number of H-pyrrole nitrogens is 1. The summed E-state index contributed by atoms with van der Waals surface area (Å²) < 4.78 is 1.92. The van der Waals surface area contributed by atoms with Gasteiger partial charge in [0.2, 0.25) is 5.95 Å². The molecular weight excluding hydrogens is 254 g/mol. The molecule has 102 valence electrons. The molecule has 1 aliphatic heterocycles. The number of aryl methyl sites for hydroxylation is 1. The van der Waals surface area contributed by atoms with Crippen molar-refractivity contribution in [3.8, 4) is 0 Å². The number of hydrogen-bond acceptors (Lipinski definition) is 5. The molecule has 7 heteroatoms. The molecule has 0 saturated carbocycles. The third-order valence-electron chi connectivity index (χ3n) is 3.87. The lowest BCUT2D eigenvalue weighted by molar-refractivity contribution is 0.736. The monoisotopic (exact) mass is 269 g/mol. The summed E-state index contributed by atoms with van der Waals surface area (Å²) in [6, 6.07) is 2.04. The fourth-order valence-corrected chi connectivity index (χ4v) is 2.75. The Labute approximate surface area is 115 Å². The number of nitrogens with zero attached hydrogens (tertiary/aromatic N) is 6. The highest BCUT2D eigenvalue weighted by Gasteiger charge is 2.26. The normalized spacial score (nSPS) is 19.1. The predicted molar refractivity (Wildman–Crippen MR) is 74.5 cm³/mol. The summed E-state index contributed by atoms with van der Waals surface area (Å²) in [6.45, 7) is 1.89. The van der Waals surface area contributed by atoms with Crippen molar-refractivity contribution < 1.29 is 0 Å². The third kappa shape index (κ3) is 1.74. The zero-order chi connectivity index (χ0) is 13.5. The summed E-state index contributed by atoms with van der Waals surface area (Å²) >= 11 is 0. The van der Waals surface area contributed by atoms with Gasteiger partial charge in [-0.1, -0.05) is 0 Å². The number of imidazole rings is 1. The van der Waals surface area contributed by atoms with Crippen molar-refractivity contribution >= 4 is 17.1 Å². The molecule has 7 nitrogen and oxygen atoms in total. The van der Waals surface area contributed by atoms with E-state index in [1.54, 1.807) is 18.7 Å². The average molecular weight is 269 g/mol. The van der Waals surface area contributed by atoms with Crippen molar-refractivity contribution in [1.29, 1.82) is 0 Å². The third-order valence-corrected chi connectivity index (χ3v) is 3.87. The number of anilines is 1. The van der Waals surface area contributed by atoms with Gasteiger partial charge in [0.05, 0.1) is 12.5 Å². The molecule has 3 aromatic heterocycles. The van der Waals surface area contributed by atoms with E-state index in [9.17, 15) is 0 Å². The van der Waals surface area contributed by atoms with Crippen molar-refractivity contribution in [3.05, 3.63) is 30.5 Å². The summed E-state index contributed by atoms with van der Waals surface area (Å²) in [6.07, 6.45) is 6.45. The van der Waals surface area contributed by atoms with Crippen LogP contribution in [0, 0.1) is 0 Å². The van der Waals surface area contributed by atoms with Gasteiger partial charge < -0.3 is 9.47 Å². The van der Waals surface area contributed by atoms with E-state index in [4.69, 9.17) is 0 Å². The first-order chi connectivity index (χ1) is 9.81. The maximum Gasteiger partial charge on any atom is 0.227 e. The molecule has 0 aliphatic carbocycles. The Balaban J connectivity index is 1.62. The number of nitrogens with one attached hydrogen (secondary N) is 1. The molecule has 4 rings (SSSR count). The Morgan fingerprint density at radius 1 is 1.35 bits per heavy atom. The minimum absolute atomic E-state index is 0.475. The largest absolute Gasteiger partial charge is 0.340 e. The second-order valence-corrected chi connectivity index (χ2v) is 5.18. The van der Waals surface area contributed by atoms with Gasteiger partial charge in [0, 0.05) is 37.9 Å². The van der Waals surface area contributed by atoms with Gasteiger partial charge in [0.25, 0.3) is 0 Å². The van der Waals surface area contributed by atoms with E-state index in [0.29, 0.717) is 5.92 Å². The molecule has 0 radical (unpaired) electrons. The van der Waals surface area contributed by atoms with Crippen LogP contribution in [0.5, 0.6) is 0 Å². The van der Waals surface area contributed by atoms with Crippen LogP contribution in [-0.4, -0.2) is 42.8 Å². The van der Waals surface area contributed by atoms with Gasteiger partial charge in [0.15, 0.2) is 5.65 Å². The van der Waals surface area contributed by atoms with Crippen molar-refractivity contribution in [2.24, 2.45) is 7.05 Å². The molecule has 1 unspecified atom stereocenters. The predicted octanol–water partition coefficient (Wildman–Crippen LogP) is 1.08. The highest BCUT2D eigenvalue weighted by atomic mass is 15.3. The van der Waals surface area contributed by atoms with E-state index in [0.717, 1.165) is 36.6 Å². The summed E-state index contributed by atoms with van der Waals surface area (Å²) in [4.78, 5) is 15.5. The lowest BCUT2D eigenvalue weighted by atomic mass is 10.1. The van der Waals surface area contributed by atoms with E-state index >= 15 is 0 Å². The lowest BCUT2D eigenvalue weighted by Crippen LogP contribution is -2.21. The van der Waals surface area contributed by atoms with Crippen molar-refractivity contribution in [3.63, 3.8) is 0 Å². The number of aromatic nitrogens is 6. The first-order valence-electron chi connectivity index (χ1n) is 6.69. The molecule has 1 aliphatic rings. The van der Waals surface area contributed by atoms with E-state index in [1.807, 2.05) is 17.7 Å². The number of fused-ring (bicyclic) bond motifs is 1. The van der Waals surface area contributed by atoms with Gasteiger partial charge in [-0.05, 0) is 12.5 Å². The summed E-state index contributed by atoms with van der Waals surface area (Å²) in [5.41, 5.74) is 2.90. The maximum atomic E-state index is 4.62. The first kappa shape index (κ1) is 11.4. The van der Waals surface area contributed by atoms with Crippen LogP contribution in [0.2, 0.25) is 0 Å². The average Bonchev–Trinajstić information content (AvgIpc) is 3.18. The van der Waals surface area contributed by atoms with Crippen molar-refractivity contribution in [2.75, 3.05) is 18.0 Å². The molecule has 4 heterocycles. The lowest BCUT2D eigenvalue weighted by Gasteiger charge is -2.15. The Hall–Kier alpha value is -2.44. The van der Waals surface area contributed by atoms with Gasteiger partial charge >= 0.3 is 0 Å². The summed E-state index contributed by atoms with van der Waals surface area (Å²) in [5, 5.41) is 7.08. The summed E-state index contributed by atoms with van der Waals surface area (Å²) in [5.74, 6) is 1.26. The second kappa shape index (κ2) is 4.29. The zero-order valence-corrected chi connectivity index (χ0v) is 11.2. The minimum Gasteiger partial charge on any atom is -0.340 e. The van der Waals surface area contributed by atoms with Crippen LogP contribution >= 0.6 is 0 Å². The number of hydrogen-bond donors (Lipinski definition) is 1. The maximum absolute atomic E-state index is 4.62. The number of aromatic amines is 1. The van der Waals surface area contributed by atoms with E-state index in [1.165, 1.54) is 5.69 Å². The molecule has 3 aromatic rings. The van der Waals surface area contributed by atoms with E-state index < -0.39 is 0 Å². The Morgan fingerprint density at radius 2 is 2.30 bits per heavy atom. The Morgan fingerprint density at radius 3 is 3.15 bits per heavy atom. The molecule has 0 aromatic carbocycles. The van der Waals surface area contributed by atoms with Crippen LogP contribution in [-0.2, 0) is 7.05 Å². The Bertz CT molecular complexity index is 730. The molecule has 1 saturated heterocycles. The Kier molecular flexibility index (Phi) is 2.45. The van der Waals surface area contributed by atoms with Crippen LogP contribution in [0.25, 0.3) is 11.2 Å². The minimum atomic E-state index is 0.475. The van der Waals surface area contributed by atoms with Crippen LogP contribution in [0.3, 0.4) is 0 Å². The fraction of sp³-hybridized carbons (Fsp3) is 0.385. The number of rotatable bonds is 2. The summed E-state index contributed by atoms with van der Waals surface area (Å²) in [7, 11) is 1.95. The van der Waals surface area contributed by atoms with Crippen LogP contribution in [0.4, 0.5) is 5.95 Å². The van der Waals surface area contributed by atoms with Crippen molar-refractivity contribution in [2.45, 2.75) is 12.3 Å². The molecular formula is C13H15N7. The van der Waals surface area contributed by atoms with Gasteiger partial charge in [-0.3, -0.25) is 5.10 Å². The van der Waals surface area contributed by atoms with Gasteiger partial charge in [-0.25, -0.2) is 9.97 Å². The molecule has 0 bridgehead atoms. The molecule has 1 fully saturated rings. The second-order valence-electron chi connectivity index (χ2n) is 5.18. The smallest absolute Gasteiger partial charge is 0.227 e. The zero-order valence-electron chi connectivity index (χ0n) is 11.2. The van der Waals surface area contributed by atoms with Crippen molar-refractivity contribution in [1.82, 2.24) is 29.7 Å². The molecule has 1 atom stereocenters. The van der Waals surface area contributed by atoms with Crippen LogP contribution in [0.15, 0.2) is 24.8 Å². The van der Waals surface area contributed by atoms with E-state index in [2.05, 4.69) is 30.0 Å². The highest BCUT2D eigenvalue weighted by Crippen LogP contribution is 2.28. The van der Waals surface area contributed by atoms with E-state index in [-0.39, 0.29) is 0 Å². The SMILES string of the molecule is Cn1cnc2cnc(N3CCC(c4ccn[nH]4)C3)nc21.